The number of nitrogens with zero attached hydrogens (tertiary/aromatic N) is 3. The third-order valence-corrected chi connectivity index (χ3v) is 13.3. The third kappa shape index (κ3) is 8.40. The quantitative estimate of drug-likeness (QED) is 0.356. The van der Waals surface area contributed by atoms with E-state index in [0.717, 1.165) is 6.08 Å². The van der Waals surface area contributed by atoms with Gasteiger partial charge < -0.3 is 29.7 Å². The van der Waals surface area contributed by atoms with Crippen LogP contribution in [0.4, 0.5) is 13.6 Å². The van der Waals surface area contributed by atoms with Gasteiger partial charge in [-0.2, -0.15) is 8.78 Å². The van der Waals surface area contributed by atoms with Crippen LogP contribution in [0.15, 0.2) is 49.1 Å². The van der Waals surface area contributed by atoms with Gasteiger partial charge in [0.25, 0.3) is 5.91 Å². The van der Waals surface area contributed by atoms with Crippen molar-refractivity contribution in [2.24, 2.45) is 16.7 Å². The Morgan fingerprint density at radius 3 is 2.34 bits per heavy atom. The highest BCUT2D eigenvalue weighted by atomic mass is 32.2. The summed E-state index contributed by atoms with van der Waals surface area (Å²) in [6, 6.07) is 3.77. The fourth-order valence-electron chi connectivity index (χ4n) is 8.11. The smallest absolute Gasteiger partial charge is 0.408 e. The molecule has 58 heavy (non-hydrogen) atoms. The van der Waals surface area contributed by atoms with Gasteiger partial charge in [0.1, 0.15) is 29.8 Å². The maximum atomic E-state index is 16.2. The molecule has 2 bridgehead atoms. The Morgan fingerprint density at radius 1 is 1.03 bits per heavy atom. The van der Waals surface area contributed by atoms with Gasteiger partial charge in [-0.1, -0.05) is 58.9 Å². The lowest BCUT2D eigenvalue weighted by atomic mass is 9.85. The maximum Gasteiger partial charge on any atom is 0.408 e. The Hall–Kier alpha value is -4.71. The van der Waals surface area contributed by atoms with Crippen LogP contribution in [0.1, 0.15) is 78.8 Å². The van der Waals surface area contributed by atoms with Gasteiger partial charge in [0.2, 0.25) is 27.7 Å². The van der Waals surface area contributed by atoms with Crippen LogP contribution in [-0.4, -0.2) is 101 Å². The number of sulfonamides is 1. The van der Waals surface area contributed by atoms with E-state index < -0.39 is 104 Å². The van der Waals surface area contributed by atoms with E-state index in [-0.39, 0.29) is 42.4 Å². The van der Waals surface area contributed by atoms with Crippen LogP contribution in [-0.2, 0) is 39.8 Å². The van der Waals surface area contributed by atoms with E-state index in [1.54, 1.807) is 39.0 Å². The predicted molar refractivity (Wildman–Crippen MR) is 206 cm³/mol. The summed E-state index contributed by atoms with van der Waals surface area (Å²) >= 11 is 0. The molecule has 7 atom stereocenters. The lowest BCUT2D eigenvalue weighted by molar-refractivity contribution is -0.143. The molecule has 314 valence electrons. The molecular weight excluding hydrogens is 779 g/mol. The van der Waals surface area contributed by atoms with Crippen molar-refractivity contribution in [1.82, 2.24) is 30.2 Å². The summed E-state index contributed by atoms with van der Waals surface area (Å²) in [6.07, 6.45) is 1.30. The number of para-hydroxylation sites is 2. The first-order valence-corrected chi connectivity index (χ1v) is 21.1. The monoisotopic (exact) mass is 828 g/mol. The molecule has 18 heteroatoms. The zero-order valence-electron chi connectivity index (χ0n) is 33.1. The van der Waals surface area contributed by atoms with Crippen molar-refractivity contribution in [3.63, 3.8) is 0 Å². The van der Waals surface area contributed by atoms with E-state index in [9.17, 15) is 27.6 Å². The first-order chi connectivity index (χ1) is 27.1. The summed E-state index contributed by atoms with van der Waals surface area (Å²) in [5.41, 5.74) is -3.30. The highest BCUT2D eigenvalue weighted by Gasteiger charge is 2.62. The molecule has 2 aromatic rings. The Labute approximate surface area is 335 Å². The second kappa shape index (κ2) is 14.8. The summed E-state index contributed by atoms with van der Waals surface area (Å²) in [7, 11) is -3.98. The highest BCUT2D eigenvalue weighted by Crippen LogP contribution is 2.46. The van der Waals surface area contributed by atoms with Gasteiger partial charge >= 0.3 is 12.0 Å². The minimum atomic E-state index is -3.98. The van der Waals surface area contributed by atoms with Crippen molar-refractivity contribution in [3.05, 3.63) is 54.8 Å². The first-order valence-electron chi connectivity index (χ1n) is 19.5. The summed E-state index contributed by atoms with van der Waals surface area (Å²) in [5.74, 6) is -7.32. The molecule has 7 rings (SSSR count). The summed E-state index contributed by atoms with van der Waals surface area (Å²) in [5, 5.41) is 4.72. The SMILES string of the molecule is C=C[C@@H]1C[C@]1(NC(=O)[C@@H]1C[C@@H]2CN1C(=O)[C@H](C(C)(C)C)NC(=O)O[C@@H]1CC(C)(C)C[C@H]1OC/C=C/C(F)(F)c1nc3ccccc3nc1O2)C(=O)NS(=O)(=O)C1CC1. The number of ether oxygens (including phenoxy) is 3. The van der Waals surface area contributed by atoms with Crippen molar-refractivity contribution in [1.29, 1.82) is 0 Å². The van der Waals surface area contributed by atoms with Crippen LogP contribution in [0, 0.1) is 16.7 Å². The van der Waals surface area contributed by atoms with Crippen LogP contribution in [0.3, 0.4) is 0 Å². The molecule has 0 unspecified atom stereocenters. The summed E-state index contributed by atoms with van der Waals surface area (Å²) in [6.45, 7) is 12.3. The van der Waals surface area contributed by atoms with Gasteiger partial charge in [-0.15, -0.1) is 6.58 Å². The van der Waals surface area contributed by atoms with Crippen LogP contribution in [0.5, 0.6) is 5.88 Å². The Balaban J connectivity index is 1.26. The van der Waals surface area contributed by atoms with Crippen LogP contribution in [0.25, 0.3) is 11.0 Å². The average molecular weight is 829 g/mol. The molecule has 3 saturated carbocycles. The van der Waals surface area contributed by atoms with Gasteiger partial charge in [-0.05, 0) is 61.1 Å². The number of rotatable bonds is 6. The van der Waals surface area contributed by atoms with Crippen molar-refractivity contribution in [2.75, 3.05) is 13.2 Å². The summed E-state index contributed by atoms with van der Waals surface area (Å²) < 4.78 is 78.0. The van der Waals surface area contributed by atoms with Gasteiger partial charge in [0.05, 0.1) is 35.5 Å². The molecule has 3 N–H and O–H groups in total. The maximum absolute atomic E-state index is 16.2. The number of hydrogen-bond donors (Lipinski definition) is 3. The average Bonchev–Trinajstić information content (AvgIpc) is 4.05. The molecule has 5 aliphatic rings. The molecule has 4 fully saturated rings. The normalized spacial score (nSPS) is 31.6. The molecular formula is C40H50F2N6O9S. The second-order valence-corrected chi connectivity index (χ2v) is 19.8. The van der Waals surface area contributed by atoms with E-state index in [2.05, 4.69) is 31.9 Å². The van der Waals surface area contributed by atoms with Crippen molar-refractivity contribution >= 4 is 44.9 Å². The lowest BCUT2D eigenvalue weighted by Gasteiger charge is -2.35. The van der Waals surface area contributed by atoms with Crippen LogP contribution in [0.2, 0.25) is 0 Å². The van der Waals surface area contributed by atoms with E-state index in [0.29, 0.717) is 31.8 Å². The van der Waals surface area contributed by atoms with E-state index >= 15 is 8.78 Å². The largest absolute Gasteiger partial charge is 0.471 e. The number of carbonyl (C=O) groups excluding carboxylic acids is 4. The molecule has 4 amide bonds. The predicted octanol–water partition coefficient (Wildman–Crippen LogP) is 4.02. The molecule has 0 spiro atoms. The van der Waals surface area contributed by atoms with Gasteiger partial charge in [0.15, 0.2) is 5.69 Å². The Kier molecular flexibility index (Phi) is 10.6. The first kappa shape index (κ1) is 41.4. The molecule has 2 aliphatic heterocycles. The van der Waals surface area contributed by atoms with Crippen molar-refractivity contribution in [2.45, 2.75) is 120 Å². The van der Waals surface area contributed by atoms with Crippen molar-refractivity contribution < 1.29 is 50.6 Å². The number of fused-ring (bicyclic) bond motifs is 5. The number of allylic oxidation sites excluding steroid dienone is 1. The molecule has 1 aromatic heterocycles. The fourth-order valence-corrected chi connectivity index (χ4v) is 9.48. The number of benzene rings is 1. The Bertz CT molecular complexity index is 2160. The van der Waals surface area contributed by atoms with E-state index in [4.69, 9.17) is 14.2 Å². The number of carbonyl (C=O) groups is 4. The van der Waals surface area contributed by atoms with Crippen molar-refractivity contribution in [3.8, 4) is 5.88 Å². The molecule has 15 nitrogen and oxygen atoms in total. The van der Waals surface area contributed by atoms with Crippen LogP contribution < -0.4 is 20.1 Å². The number of alkyl carbamates (subject to hydrolysis) is 1. The third-order valence-electron chi connectivity index (χ3n) is 11.5. The van der Waals surface area contributed by atoms with Gasteiger partial charge in [-0.3, -0.25) is 19.1 Å². The summed E-state index contributed by atoms with van der Waals surface area (Å²) in [4.78, 5) is 66.1. The zero-order valence-corrected chi connectivity index (χ0v) is 33.9. The Morgan fingerprint density at radius 2 is 1.71 bits per heavy atom. The lowest BCUT2D eigenvalue weighted by Crippen LogP contribution is -2.60. The number of amides is 4. The molecule has 1 saturated heterocycles. The van der Waals surface area contributed by atoms with Gasteiger partial charge in [-0.25, -0.2) is 23.2 Å². The van der Waals surface area contributed by atoms with E-state index in [1.165, 1.54) is 17.0 Å². The topological polar surface area (TPSA) is 195 Å². The minimum absolute atomic E-state index is 0.0498. The molecule has 1 aromatic carbocycles. The number of hydrogen-bond acceptors (Lipinski definition) is 11. The highest BCUT2D eigenvalue weighted by molar-refractivity contribution is 7.91. The standard InChI is InChI=1S/C40H50F2N6O9S/c1-7-22-18-39(22,35(51)47-58(53,54)24-13-14-24)46-32(49)27-17-23-21-48(27)34(50)31(37(2,3)4)45-36(52)57-29-20-38(5,6)19-28(29)55-16-10-15-40(41,42)30-33(56-23)44-26-12-9-8-11-25(26)43-30/h7-12,15,22-24,27-29,31H,1,13-14,16-21H2,2-6H3,(H,45,52)(H,46,49)(H,47,51)/b15-10+/t22-,23-,27+,28-,29-,31-,39-/m1/s1. The second-order valence-electron chi connectivity index (χ2n) is 17.9. The molecule has 0 radical (unpaired) electrons. The zero-order chi connectivity index (χ0) is 42.0. The molecule has 3 heterocycles. The number of aromatic nitrogens is 2. The fraction of sp³-hybridized carbons (Fsp3) is 0.600. The van der Waals surface area contributed by atoms with Gasteiger partial charge in [0, 0.05) is 12.3 Å². The number of nitrogens with one attached hydrogen (secondary N) is 3. The minimum Gasteiger partial charge on any atom is -0.471 e. The van der Waals surface area contributed by atoms with E-state index in [1.807, 2.05) is 13.8 Å². The number of halogens is 2. The van der Waals surface area contributed by atoms with Crippen LogP contribution >= 0.6 is 0 Å². The molecule has 3 aliphatic carbocycles. The number of alkyl halides is 2.